The van der Waals surface area contributed by atoms with Crippen LogP contribution in [0.15, 0.2) is 65.5 Å². The van der Waals surface area contributed by atoms with E-state index in [1.807, 2.05) is 30.3 Å². The molecule has 9 heteroatoms. The van der Waals surface area contributed by atoms with Gasteiger partial charge in [-0.05, 0) is 42.3 Å². The third kappa shape index (κ3) is 7.01. The summed E-state index contributed by atoms with van der Waals surface area (Å²) in [5.41, 5.74) is 3.38. The van der Waals surface area contributed by atoms with Crippen molar-refractivity contribution in [3.05, 3.63) is 82.1 Å². The number of ether oxygens (including phenoxy) is 1. The fourth-order valence-corrected chi connectivity index (χ4v) is 3.15. The van der Waals surface area contributed by atoms with E-state index >= 15 is 0 Å². The third-order valence-electron chi connectivity index (χ3n) is 4.70. The minimum absolute atomic E-state index is 0.0583. The highest BCUT2D eigenvalue weighted by Gasteiger charge is 2.08. The zero-order valence-electron chi connectivity index (χ0n) is 18.3. The summed E-state index contributed by atoms with van der Waals surface area (Å²) in [4.78, 5) is 35.6. The number of nitrogens with zero attached hydrogens (tertiary/aromatic N) is 2. The van der Waals surface area contributed by atoms with Crippen LogP contribution in [0.25, 0.3) is 11.3 Å². The van der Waals surface area contributed by atoms with Crippen LogP contribution in [-0.4, -0.2) is 40.1 Å². The molecule has 3 N–H and O–H groups in total. The average Bonchev–Trinajstić information content (AvgIpc) is 2.80. The van der Waals surface area contributed by atoms with Crippen molar-refractivity contribution in [1.29, 1.82) is 0 Å². The first-order chi connectivity index (χ1) is 16.0. The molecule has 0 aliphatic carbocycles. The Hall–Kier alpha value is -3.98. The van der Waals surface area contributed by atoms with E-state index in [9.17, 15) is 14.4 Å². The molecule has 0 saturated heterocycles. The van der Waals surface area contributed by atoms with Gasteiger partial charge >= 0.3 is 6.09 Å². The van der Waals surface area contributed by atoms with Gasteiger partial charge in [0, 0.05) is 30.3 Å². The van der Waals surface area contributed by atoms with Gasteiger partial charge in [-0.25, -0.2) is 9.48 Å². The van der Waals surface area contributed by atoms with E-state index in [-0.39, 0.29) is 37.6 Å². The van der Waals surface area contributed by atoms with Gasteiger partial charge in [0.25, 0.3) is 5.56 Å². The summed E-state index contributed by atoms with van der Waals surface area (Å²) >= 11 is 0. The van der Waals surface area contributed by atoms with Gasteiger partial charge in [0.15, 0.2) is 0 Å². The Bertz CT molecular complexity index is 1180. The topological polar surface area (TPSA) is 123 Å². The van der Waals surface area contributed by atoms with Crippen LogP contribution in [0.4, 0.5) is 10.5 Å². The van der Waals surface area contributed by atoms with Crippen molar-refractivity contribution in [2.75, 3.05) is 18.5 Å². The number of aromatic nitrogens is 2. The number of anilines is 1. The Labute approximate surface area is 191 Å². The predicted molar refractivity (Wildman–Crippen MR) is 124 cm³/mol. The molecule has 0 unspecified atom stereocenters. The third-order valence-corrected chi connectivity index (χ3v) is 4.70. The van der Waals surface area contributed by atoms with Gasteiger partial charge in [-0.3, -0.25) is 14.9 Å². The average molecular weight is 450 g/mol. The van der Waals surface area contributed by atoms with Crippen molar-refractivity contribution in [2.45, 2.75) is 26.4 Å². The molecular weight excluding hydrogens is 424 g/mol. The number of hydrogen-bond donors (Lipinski definition) is 3. The maximum absolute atomic E-state index is 12.4. The first-order valence-corrected chi connectivity index (χ1v) is 10.6. The molecule has 1 heterocycles. The van der Waals surface area contributed by atoms with E-state index in [1.54, 1.807) is 31.2 Å². The van der Waals surface area contributed by atoms with Crippen molar-refractivity contribution in [3.8, 4) is 11.3 Å². The van der Waals surface area contributed by atoms with Gasteiger partial charge in [0.2, 0.25) is 5.91 Å². The number of rotatable bonds is 9. The molecule has 0 radical (unpaired) electrons. The molecule has 0 spiro atoms. The van der Waals surface area contributed by atoms with Crippen LogP contribution in [0.2, 0.25) is 0 Å². The van der Waals surface area contributed by atoms with Crippen LogP contribution in [0.1, 0.15) is 24.5 Å². The van der Waals surface area contributed by atoms with Crippen LogP contribution in [0.3, 0.4) is 0 Å². The highest BCUT2D eigenvalue weighted by atomic mass is 16.5. The van der Waals surface area contributed by atoms with E-state index in [0.717, 1.165) is 16.7 Å². The van der Waals surface area contributed by atoms with Crippen molar-refractivity contribution < 1.29 is 19.4 Å². The Morgan fingerprint density at radius 1 is 1.06 bits per heavy atom. The normalized spacial score (nSPS) is 10.5. The number of hydrogen-bond acceptors (Lipinski definition) is 6. The van der Waals surface area contributed by atoms with Crippen LogP contribution >= 0.6 is 0 Å². The van der Waals surface area contributed by atoms with Gasteiger partial charge in [-0.15, -0.1) is 0 Å². The minimum Gasteiger partial charge on any atom is -0.450 e. The highest BCUT2D eigenvalue weighted by Crippen LogP contribution is 2.18. The largest absolute Gasteiger partial charge is 0.450 e. The Morgan fingerprint density at radius 3 is 2.64 bits per heavy atom. The molecular formula is C24H26N4O5. The zero-order valence-corrected chi connectivity index (χ0v) is 18.3. The van der Waals surface area contributed by atoms with E-state index in [0.29, 0.717) is 17.9 Å². The van der Waals surface area contributed by atoms with Crippen LogP contribution in [0, 0.1) is 0 Å². The first-order valence-electron chi connectivity index (χ1n) is 10.6. The van der Waals surface area contributed by atoms with Crippen molar-refractivity contribution in [3.63, 3.8) is 0 Å². The van der Waals surface area contributed by atoms with Crippen molar-refractivity contribution >= 4 is 17.7 Å². The second-order valence-electron chi connectivity index (χ2n) is 7.21. The Balaban J connectivity index is 1.77. The maximum Gasteiger partial charge on any atom is 0.411 e. The van der Waals surface area contributed by atoms with Crippen LogP contribution < -0.4 is 16.2 Å². The second kappa shape index (κ2) is 11.6. The lowest BCUT2D eigenvalue weighted by atomic mass is 10.1. The lowest BCUT2D eigenvalue weighted by molar-refractivity contribution is -0.121. The lowest BCUT2D eigenvalue weighted by Crippen LogP contribution is -2.23. The fourth-order valence-electron chi connectivity index (χ4n) is 3.15. The predicted octanol–water partition coefficient (Wildman–Crippen LogP) is 2.53. The van der Waals surface area contributed by atoms with Gasteiger partial charge < -0.3 is 15.2 Å². The molecule has 1 aromatic heterocycles. The summed E-state index contributed by atoms with van der Waals surface area (Å²) in [7, 11) is 0. The number of carbonyl (C=O) groups excluding carboxylic acids is 2. The second-order valence-corrected chi connectivity index (χ2v) is 7.21. The molecule has 0 bridgehead atoms. The van der Waals surface area contributed by atoms with Gasteiger partial charge in [-0.1, -0.05) is 30.3 Å². The molecule has 9 nitrogen and oxygen atoms in total. The molecule has 0 aliphatic heterocycles. The van der Waals surface area contributed by atoms with E-state index in [2.05, 4.69) is 15.7 Å². The van der Waals surface area contributed by atoms with Crippen LogP contribution in [0.5, 0.6) is 0 Å². The number of aliphatic hydroxyl groups is 1. The molecule has 2 amide bonds. The molecule has 0 atom stereocenters. The highest BCUT2D eigenvalue weighted by molar-refractivity contribution is 5.84. The summed E-state index contributed by atoms with van der Waals surface area (Å²) in [5, 5.41) is 18.7. The van der Waals surface area contributed by atoms with Gasteiger partial charge in [-0.2, -0.15) is 5.10 Å². The van der Waals surface area contributed by atoms with E-state index in [4.69, 9.17) is 9.84 Å². The minimum atomic E-state index is -0.542. The maximum atomic E-state index is 12.4. The number of carbonyl (C=O) groups is 2. The standard InChI is InChI=1S/C24H26N4O5/c1-2-33-24(32)26-20-8-4-6-18(14-20)16-28-23(31)10-9-21(27-28)19-7-3-5-17(13-19)15-25-22(30)11-12-29/h3-10,13-14,29H,2,11-12,15-16H2,1H3,(H,25,30)(H,26,32). The molecule has 3 rings (SSSR count). The van der Waals surface area contributed by atoms with Crippen molar-refractivity contribution in [2.24, 2.45) is 0 Å². The molecule has 0 fully saturated rings. The summed E-state index contributed by atoms with van der Waals surface area (Å²) in [5.74, 6) is -0.228. The summed E-state index contributed by atoms with van der Waals surface area (Å²) < 4.78 is 6.24. The fraction of sp³-hybridized carbons (Fsp3) is 0.250. The molecule has 0 saturated carbocycles. The Morgan fingerprint density at radius 2 is 1.85 bits per heavy atom. The van der Waals surface area contributed by atoms with E-state index < -0.39 is 6.09 Å². The molecule has 3 aromatic rings. The number of benzene rings is 2. The monoisotopic (exact) mass is 450 g/mol. The first kappa shape index (κ1) is 23.7. The number of amides is 2. The van der Waals surface area contributed by atoms with Gasteiger partial charge in [0.1, 0.15) is 0 Å². The molecule has 33 heavy (non-hydrogen) atoms. The quantitative estimate of drug-likeness (QED) is 0.460. The smallest absolute Gasteiger partial charge is 0.411 e. The number of nitrogens with one attached hydrogen (secondary N) is 2. The molecule has 0 aliphatic rings. The number of aliphatic hydroxyl groups excluding tert-OH is 1. The van der Waals surface area contributed by atoms with Crippen LogP contribution in [-0.2, 0) is 22.6 Å². The zero-order chi connectivity index (χ0) is 23.6. The van der Waals surface area contributed by atoms with Crippen molar-refractivity contribution in [1.82, 2.24) is 15.1 Å². The van der Waals surface area contributed by atoms with Gasteiger partial charge in [0.05, 0.1) is 25.5 Å². The molecule has 2 aromatic carbocycles. The summed E-state index contributed by atoms with van der Waals surface area (Å²) in [6.07, 6.45) is -0.484. The van der Waals surface area contributed by atoms with E-state index in [1.165, 1.54) is 10.7 Å². The summed E-state index contributed by atoms with van der Waals surface area (Å²) in [6, 6.07) is 17.7. The Kier molecular flexibility index (Phi) is 8.31. The SMILES string of the molecule is CCOC(=O)Nc1cccc(Cn2nc(-c3cccc(CNC(=O)CCO)c3)ccc2=O)c1. The lowest BCUT2D eigenvalue weighted by Gasteiger charge is -2.10. The molecule has 172 valence electrons. The summed E-state index contributed by atoms with van der Waals surface area (Å²) in [6.45, 7) is 2.35.